The summed E-state index contributed by atoms with van der Waals surface area (Å²) in [7, 11) is 0. The average Bonchev–Trinajstić information content (AvgIpc) is 2.47. The summed E-state index contributed by atoms with van der Waals surface area (Å²) in [6.07, 6.45) is -1.15. The molecule has 0 unspecified atom stereocenters. The lowest BCUT2D eigenvalue weighted by Gasteiger charge is -2.32. The molecule has 2 heterocycles. The molecule has 1 aliphatic rings. The second-order valence-corrected chi connectivity index (χ2v) is 5.60. The predicted molar refractivity (Wildman–Crippen MR) is 77.7 cm³/mol. The van der Waals surface area contributed by atoms with Crippen LogP contribution in [0.25, 0.3) is 10.9 Å². The summed E-state index contributed by atoms with van der Waals surface area (Å²) in [5.74, 6) is 0.387. The molecule has 0 aliphatic carbocycles. The van der Waals surface area contributed by atoms with E-state index in [1.54, 1.807) is 0 Å². The first-order chi connectivity index (χ1) is 9.63. The van der Waals surface area contributed by atoms with Crippen molar-refractivity contribution in [3.63, 3.8) is 0 Å². The van der Waals surface area contributed by atoms with Crippen LogP contribution in [0.3, 0.4) is 0 Å². The van der Waals surface area contributed by atoms with Crippen LogP contribution in [0.15, 0.2) is 30.3 Å². The Morgan fingerprint density at radius 3 is 2.60 bits per heavy atom. The third-order valence-electron chi connectivity index (χ3n) is 3.86. The van der Waals surface area contributed by atoms with Gasteiger partial charge in [0.1, 0.15) is 5.82 Å². The van der Waals surface area contributed by atoms with Gasteiger partial charge in [-0.15, -0.1) is 0 Å². The second-order valence-electron chi connectivity index (χ2n) is 5.17. The van der Waals surface area contributed by atoms with Gasteiger partial charge in [-0.25, -0.2) is 13.8 Å². The summed E-state index contributed by atoms with van der Waals surface area (Å²) in [4.78, 5) is 6.67. The van der Waals surface area contributed by atoms with Crippen LogP contribution in [0.2, 0.25) is 5.02 Å². The Morgan fingerprint density at radius 2 is 1.90 bits per heavy atom. The van der Waals surface area contributed by atoms with Gasteiger partial charge in [0.15, 0.2) is 0 Å². The molecule has 1 aliphatic heterocycles. The van der Waals surface area contributed by atoms with Crippen LogP contribution in [0.4, 0.5) is 14.6 Å². The minimum atomic E-state index is -2.20. The van der Waals surface area contributed by atoms with Gasteiger partial charge in [-0.2, -0.15) is 0 Å². The molecule has 20 heavy (non-hydrogen) atoms. The number of alkyl halides is 2. The van der Waals surface area contributed by atoms with E-state index in [0.717, 1.165) is 16.7 Å². The quantitative estimate of drug-likeness (QED) is 0.818. The third kappa shape index (κ3) is 2.70. The van der Waals surface area contributed by atoms with Crippen LogP contribution in [-0.2, 0) is 0 Å². The Balaban J connectivity index is 1.79. The fraction of sp³-hybridized carbons (Fsp3) is 0.400. The molecule has 1 aromatic heterocycles. The van der Waals surface area contributed by atoms with E-state index in [1.807, 2.05) is 30.3 Å². The molecule has 0 bridgehead atoms. The van der Waals surface area contributed by atoms with E-state index >= 15 is 0 Å². The maximum absolute atomic E-state index is 12.6. The number of piperidine rings is 1. The minimum absolute atomic E-state index is 0.467. The molecule has 1 saturated heterocycles. The fourth-order valence-electron chi connectivity index (χ4n) is 2.64. The van der Waals surface area contributed by atoms with Gasteiger partial charge in [0.25, 0.3) is 0 Å². The van der Waals surface area contributed by atoms with E-state index in [2.05, 4.69) is 9.88 Å². The molecule has 0 saturated carbocycles. The summed E-state index contributed by atoms with van der Waals surface area (Å²) in [5, 5.41) is 1.67. The molecule has 0 amide bonds. The summed E-state index contributed by atoms with van der Waals surface area (Å²) in [6.45, 7) is 1.28. The van der Waals surface area contributed by atoms with Crippen molar-refractivity contribution in [3.05, 3.63) is 35.4 Å². The van der Waals surface area contributed by atoms with Gasteiger partial charge in [0.2, 0.25) is 6.43 Å². The predicted octanol–water partition coefficient (Wildman–Crippen LogP) is 4.37. The van der Waals surface area contributed by atoms with Crippen molar-refractivity contribution in [3.8, 4) is 0 Å². The maximum Gasteiger partial charge on any atom is 0.241 e. The summed E-state index contributed by atoms with van der Waals surface area (Å²) >= 11 is 5.94. The van der Waals surface area contributed by atoms with Crippen LogP contribution < -0.4 is 4.90 Å². The average molecular weight is 297 g/mol. The topological polar surface area (TPSA) is 16.1 Å². The van der Waals surface area contributed by atoms with Gasteiger partial charge < -0.3 is 4.90 Å². The van der Waals surface area contributed by atoms with Gasteiger partial charge in [0.05, 0.1) is 5.52 Å². The molecular weight excluding hydrogens is 282 g/mol. The van der Waals surface area contributed by atoms with Crippen molar-refractivity contribution in [1.82, 2.24) is 4.98 Å². The molecule has 0 radical (unpaired) electrons. The van der Waals surface area contributed by atoms with E-state index in [-0.39, 0.29) is 0 Å². The van der Waals surface area contributed by atoms with E-state index in [4.69, 9.17) is 11.6 Å². The van der Waals surface area contributed by atoms with Gasteiger partial charge in [-0.1, -0.05) is 11.6 Å². The molecule has 2 aromatic rings. The summed E-state index contributed by atoms with van der Waals surface area (Å²) in [5.41, 5.74) is 0.878. The van der Waals surface area contributed by atoms with E-state index in [9.17, 15) is 8.78 Å². The highest BCUT2D eigenvalue weighted by Crippen LogP contribution is 2.27. The Hall–Kier alpha value is -1.42. The van der Waals surface area contributed by atoms with Crippen molar-refractivity contribution in [2.45, 2.75) is 19.3 Å². The molecule has 0 spiro atoms. The number of benzene rings is 1. The lowest BCUT2D eigenvalue weighted by Crippen LogP contribution is -2.36. The van der Waals surface area contributed by atoms with Crippen LogP contribution in [-0.4, -0.2) is 24.5 Å². The van der Waals surface area contributed by atoms with Gasteiger partial charge in [0, 0.05) is 29.4 Å². The SMILES string of the molecule is FC(F)C1CCN(c2ccc3cc(Cl)ccc3n2)CC1. The monoisotopic (exact) mass is 296 g/mol. The normalized spacial score (nSPS) is 17.1. The number of hydrogen-bond donors (Lipinski definition) is 0. The molecule has 106 valence electrons. The van der Waals surface area contributed by atoms with Crippen molar-refractivity contribution in [1.29, 1.82) is 0 Å². The molecule has 2 nitrogen and oxygen atoms in total. The molecule has 3 rings (SSSR count). The Kier molecular flexibility index (Phi) is 3.74. The van der Waals surface area contributed by atoms with Gasteiger partial charge >= 0.3 is 0 Å². The second kappa shape index (κ2) is 5.52. The van der Waals surface area contributed by atoms with Crippen LogP contribution in [0.1, 0.15) is 12.8 Å². The summed E-state index contributed by atoms with van der Waals surface area (Å²) < 4.78 is 25.3. The molecule has 5 heteroatoms. The fourth-order valence-corrected chi connectivity index (χ4v) is 2.82. The maximum atomic E-state index is 12.6. The number of pyridine rings is 1. The third-order valence-corrected chi connectivity index (χ3v) is 4.09. The van der Waals surface area contributed by atoms with Crippen LogP contribution >= 0.6 is 11.6 Å². The number of nitrogens with zero attached hydrogens (tertiary/aromatic N) is 2. The minimum Gasteiger partial charge on any atom is -0.357 e. The highest BCUT2D eigenvalue weighted by Gasteiger charge is 2.26. The molecule has 1 fully saturated rings. The number of fused-ring (bicyclic) bond motifs is 1. The Bertz CT molecular complexity index is 610. The van der Waals surface area contributed by atoms with Crippen LogP contribution in [0.5, 0.6) is 0 Å². The molecular formula is C15H15ClF2N2. The number of aromatic nitrogens is 1. The Labute approximate surface area is 121 Å². The molecule has 1 aromatic carbocycles. The molecule has 0 N–H and O–H groups in total. The number of rotatable bonds is 2. The summed E-state index contributed by atoms with van der Waals surface area (Å²) in [6, 6.07) is 9.47. The largest absolute Gasteiger partial charge is 0.357 e. The van der Waals surface area contributed by atoms with Crippen molar-refractivity contribution in [2.75, 3.05) is 18.0 Å². The number of anilines is 1. The van der Waals surface area contributed by atoms with Crippen molar-refractivity contribution >= 4 is 28.3 Å². The first-order valence-electron chi connectivity index (χ1n) is 6.73. The number of halogens is 3. The van der Waals surface area contributed by atoms with E-state index < -0.39 is 12.3 Å². The van der Waals surface area contributed by atoms with E-state index in [1.165, 1.54) is 0 Å². The molecule has 0 atom stereocenters. The number of hydrogen-bond acceptors (Lipinski definition) is 2. The zero-order valence-electron chi connectivity index (χ0n) is 10.9. The van der Waals surface area contributed by atoms with E-state index in [0.29, 0.717) is 31.0 Å². The first kappa shape index (κ1) is 13.6. The Morgan fingerprint density at radius 1 is 1.15 bits per heavy atom. The van der Waals surface area contributed by atoms with Gasteiger partial charge in [-0.3, -0.25) is 0 Å². The highest BCUT2D eigenvalue weighted by molar-refractivity contribution is 6.31. The van der Waals surface area contributed by atoms with Crippen molar-refractivity contribution < 1.29 is 8.78 Å². The zero-order chi connectivity index (χ0) is 14.1. The highest BCUT2D eigenvalue weighted by atomic mass is 35.5. The zero-order valence-corrected chi connectivity index (χ0v) is 11.7. The van der Waals surface area contributed by atoms with Gasteiger partial charge in [-0.05, 0) is 43.2 Å². The lowest BCUT2D eigenvalue weighted by atomic mass is 9.97. The standard InChI is InChI=1S/C15H15ClF2N2/c16-12-2-3-13-11(9-12)1-4-14(19-13)20-7-5-10(6-8-20)15(17)18/h1-4,9-10,15H,5-8H2. The first-order valence-corrected chi connectivity index (χ1v) is 7.11. The van der Waals surface area contributed by atoms with Crippen LogP contribution in [0, 0.1) is 5.92 Å². The van der Waals surface area contributed by atoms with Crippen molar-refractivity contribution in [2.24, 2.45) is 5.92 Å². The smallest absolute Gasteiger partial charge is 0.241 e. The lowest BCUT2D eigenvalue weighted by molar-refractivity contribution is 0.0635.